The second-order valence-corrected chi connectivity index (χ2v) is 7.29. The fourth-order valence-corrected chi connectivity index (χ4v) is 3.04. The molecule has 0 bridgehead atoms. The number of ether oxygens (including phenoxy) is 1. The fourth-order valence-electron chi connectivity index (χ4n) is 3.04. The molecular weight excluding hydrogens is 392 g/mol. The molecule has 3 rings (SSSR count). The highest BCUT2D eigenvalue weighted by atomic mass is 16.6. The maximum atomic E-state index is 12.5. The molecule has 0 spiro atoms. The van der Waals surface area contributed by atoms with E-state index in [9.17, 15) is 4.79 Å². The average Bonchev–Trinajstić information content (AvgIpc) is 2.75. The Kier molecular flexibility index (Phi) is 6.87. The van der Waals surface area contributed by atoms with E-state index in [4.69, 9.17) is 15.3 Å². The second-order valence-electron chi connectivity index (χ2n) is 7.29. The van der Waals surface area contributed by atoms with Crippen LogP contribution in [-0.2, 0) is 9.63 Å². The maximum Gasteiger partial charge on any atom is 0.268 e. The number of para-hydroxylation sites is 1. The molecule has 7 heteroatoms. The first-order chi connectivity index (χ1) is 14.8. The van der Waals surface area contributed by atoms with E-state index in [0.717, 1.165) is 22.4 Å². The summed E-state index contributed by atoms with van der Waals surface area (Å²) >= 11 is 0. The van der Waals surface area contributed by atoms with Crippen LogP contribution in [0.2, 0.25) is 0 Å². The number of carbonyl (C=O) groups excluding carboxylic acids is 1. The molecule has 0 saturated carbocycles. The van der Waals surface area contributed by atoms with Crippen LogP contribution in [0.25, 0.3) is 0 Å². The molecule has 0 fully saturated rings. The van der Waals surface area contributed by atoms with E-state index in [1.54, 1.807) is 19.1 Å². The number of carbonyl (C=O) groups is 1. The summed E-state index contributed by atoms with van der Waals surface area (Å²) in [5.41, 5.74) is 10.4. The van der Waals surface area contributed by atoms with Crippen molar-refractivity contribution >= 4 is 17.4 Å². The molecule has 2 aromatic carbocycles. The molecule has 3 N–H and O–H groups in total. The van der Waals surface area contributed by atoms with Crippen LogP contribution in [0.3, 0.4) is 0 Å². The van der Waals surface area contributed by atoms with Crippen LogP contribution < -0.4 is 15.8 Å². The van der Waals surface area contributed by atoms with Gasteiger partial charge in [0.2, 0.25) is 12.0 Å². The molecule has 31 heavy (non-hydrogen) atoms. The minimum Gasteiger partial charge on any atom is -0.439 e. The lowest BCUT2D eigenvalue weighted by molar-refractivity contribution is -0.126. The van der Waals surface area contributed by atoms with Crippen molar-refractivity contribution in [2.45, 2.75) is 33.8 Å². The Balaban J connectivity index is 1.60. The van der Waals surface area contributed by atoms with Crippen molar-refractivity contribution in [1.29, 1.82) is 0 Å². The van der Waals surface area contributed by atoms with Crippen LogP contribution in [0.5, 0.6) is 11.6 Å². The smallest absolute Gasteiger partial charge is 0.268 e. The molecule has 1 heterocycles. The van der Waals surface area contributed by atoms with Crippen LogP contribution >= 0.6 is 0 Å². The zero-order valence-electron chi connectivity index (χ0n) is 18.0. The lowest BCUT2D eigenvalue weighted by Crippen LogP contribution is -2.28. The number of benzene rings is 2. The lowest BCUT2D eigenvalue weighted by atomic mass is 10.0. The Hall–Kier alpha value is -3.87. The Bertz CT molecular complexity index is 1060. The molecule has 0 aliphatic heterocycles. The normalized spacial score (nSPS) is 12.2. The number of hydrogen-bond acceptors (Lipinski definition) is 5. The van der Waals surface area contributed by atoms with E-state index in [0.29, 0.717) is 17.2 Å². The molecule has 7 nitrogen and oxygen atoms in total. The Morgan fingerprint density at radius 1 is 1.06 bits per heavy atom. The third kappa shape index (κ3) is 5.82. The number of hydrogen-bond donors (Lipinski definition) is 2. The third-order valence-electron chi connectivity index (χ3n) is 4.60. The van der Waals surface area contributed by atoms with Gasteiger partial charge in [-0.2, -0.15) is 0 Å². The monoisotopic (exact) mass is 418 g/mol. The number of nitrogens with one attached hydrogen (secondary N) is 1. The summed E-state index contributed by atoms with van der Waals surface area (Å²) in [6.45, 7) is 7.54. The van der Waals surface area contributed by atoms with Crippen molar-refractivity contribution in [2.24, 2.45) is 10.9 Å². The summed E-state index contributed by atoms with van der Waals surface area (Å²) < 4.78 is 5.65. The van der Waals surface area contributed by atoms with Gasteiger partial charge in [0.05, 0.1) is 0 Å². The number of aryl methyl sites for hydroxylation is 3. The van der Waals surface area contributed by atoms with Crippen molar-refractivity contribution in [3.05, 3.63) is 83.0 Å². The molecular formula is C24H26N4O3. The van der Waals surface area contributed by atoms with Crippen molar-refractivity contribution in [3.63, 3.8) is 0 Å². The minimum absolute atomic E-state index is 0.112. The van der Waals surface area contributed by atoms with Crippen LogP contribution in [-0.4, -0.2) is 22.8 Å². The predicted octanol–water partition coefficient (Wildman–Crippen LogP) is 4.46. The zero-order chi connectivity index (χ0) is 22.4. The average molecular weight is 418 g/mol. The summed E-state index contributed by atoms with van der Waals surface area (Å²) in [7, 11) is 0. The topological polar surface area (TPSA) is 98.8 Å². The Morgan fingerprint density at radius 2 is 1.74 bits per heavy atom. The Morgan fingerprint density at radius 3 is 2.35 bits per heavy atom. The molecule has 0 aliphatic carbocycles. The van der Waals surface area contributed by atoms with E-state index < -0.39 is 6.10 Å². The largest absolute Gasteiger partial charge is 0.439 e. The first kappa shape index (κ1) is 21.8. The minimum atomic E-state index is -0.827. The summed E-state index contributed by atoms with van der Waals surface area (Å²) in [5.74, 6) is 0.921. The molecule has 1 unspecified atom stereocenters. The molecule has 0 saturated heterocycles. The first-order valence-electron chi connectivity index (χ1n) is 9.91. The molecule has 3 aromatic rings. The zero-order valence-corrected chi connectivity index (χ0v) is 18.0. The SMILES string of the molecule is Cc1cc(C)c(NC(=O)C(C)ON=C(N)c2ccc(Oc3ccccc3)nc2)c(C)c1. The summed E-state index contributed by atoms with van der Waals surface area (Å²) in [6.07, 6.45) is 0.705. The van der Waals surface area contributed by atoms with Gasteiger partial charge in [0.25, 0.3) is 5.91 Å². The number of oxime groups is 1. The van der Waals surface area contributed by atoms with Gasteiger partial charge in [0.15, 0.2) is 5.84 Å². The fraction of sp³-hybridized carbons (Fsp3) is 0.208. The van der Waals surface area contributed by atoms with Crippen LogP contribution in [0.15, 0.2) is 65.9 Å². The number of pyridine rings is 1. The van der Waals surface area contributed by atoms with E-state index >= 15 is 0 Å². The number of nitrogens with two attached hydrogens (primary N) is 1. The molecule has 160 valence electrons. The van der Waals surface area contributed by atoms with Crippen molar-refractivity contribution < 1.29 is 14.4 Å². The molecule has 1 amide bonds. The van der Waals surface area contributed by atoms with Crippen LogP contribution in [0.1, 0.15) is 29.2 Å². The van der Waals surface area contributed by atoms with Crippen molar-refractivity contribution in [1.82, 2.24) is 4.98 Å². The summed E-state index contributed by atoms with van der Waals surface area (Å²) in [4.78, 5) is 22.0. The van der Waals surface area contributed by atoms with Gasteiger partial charge in [0.1, 0.15) is 5.75 Å². The van der Waals surface area contributed by atoms with Gasteiger partial charge >= 0.3 is 0 Å². The van der Waals surface area contributed by atoms with E-state index in [1.165, 1.54) is 6.20 Å². The van der Waals surface area contributed by atoms with Gasteiger partial charge in [-0.3, -0.25) is 4.79 Å². The number of anilines is 1. The number of amides is 1. The van der Waals surface area contributed by atoms with Gasteiger partial charge in [0, 0.05) is 23.5 Å². The second kappa shape index (κ2) is 9.75. The highest BCUT2D eigenvalue weighted by Crippen LogP contribution is 2.22. The number of aromatic nitrogens is 1. The third-order valence-corrected chi connectivity index (χ3v) is 4.60. The standard InChI is InChI=1S/C24H26N4O3/c1-15-12-16(2)22(17(3)13-15)27-24(29)18(4)31-28-23(25)19-10-11-21(26-14-19)30-20-8-6-5-7-9-20/h5-14,18H,1-4H3,(H2,25,28)(H,27,29). The summed E-state index contributed by atoms with van der Waals surface area (Å²) in [6, 6.07) is 16.8. The van der Waals surface area contributed by atoms with Crippen LogP contribution in [0.4, 0.5) is 5.69 Å². The summed E-state index contributed by atoms with van der Waals surface area (Å²) in [5, 5.41) is 6.78. The number of nitrogens with zero attached hydrogens (tertiary/aromatic N) is 2. The Labute approximate surface area is 181 Å². The van der Waals surface area contributed by atoms with Gasteiger partial charge in [-0.25, -0.2) is 4.98 Å². The molecule has 1 aromatic heterocycles. The van der Waals surface area contributed by atoms with Crippen LogP contribution in [0, 0.1) is 20.8 Å². The predicted molar refractivity (Wildman–Crippen MR) is 121 cm³/mol. The first-order valence-corrected chi connectivity index (χ1v) is 9.91. The lowest BCUT2D eigenvalue weighted by Gasteiger charge is -2.15. The highest BCUT2D eigenvalue weighted by molar-refractivity contribution is 5.97. The number of rotatable bonds is 7. The van der Waals surface area contributed by atoms with Gasteiger partial charge in [-0.1, -0.05) is 41.1 Å². The number of amidine groups is 1. The highest BCUT2D eigenvalue weighted by Gasteiger charge is 2.17. The van der Waals surface area contributed by atoms with Gasteiger partial charge in [-0.05, 0) is 57.0 Å². The molecule has 0 radical (unpaired) electrons. The van der Waals surface area contributed by atoms with Crippen molar-refractivity contribution in [2.75, 3.05) is 5.32 Å². The van der Waals surface area contributed by atoms with E-state index in [2.05, 4.69) is 15.5 Å². The quantitative estimate of drug-likeness (QED) is 0.335. The van der Waals surface area contributed by atoms with Crippen molar-refractivity contribution in [3.8, 4) is 11.6 Å². The van der Waals surface area contributed by atoms with Gasteiger partial charge in [-0.15, -0.1) is 0 Å². The molecule has 1 atom stereocenters. The van der Waals surface area contributed by atoms with E-state index in [1.807, 2.05) is 63.2 Å². The maximum absolute atomic E-state index is 12.5. The van der Waals surface area contributed by atoms with E-state index in [-0.39, 0.29) is 11.7 Å². The van der Waals surface area contributed by atoms with Gasteiger partial charge < -0.3 is 20.6 Å². The molecule has 0 aliphatic rings.